The van der Waals surface area contributed by atoms with Crippen LogP contribution in [-0.4, -0.2) is 23.1 Å². The van der Waals surface area contributed by atoms with E-state index in [1.807, 2.05) is 19.9 Å². The van der Waals surface area contributed by atoms with Crippen LogP contribution in [0.3, 0.4) is 0 Å². The van der Waals surface area contributed by atoms with Gasteiger partial charge in [0, 0.05) is 6.07 Å². The second-order valence-electron chi connectivity index (χ2n) is 4.47. The zero-order chi connectivity index (χ0) is 11.6. The van der Waals surface area contributed by atoms with Gasteiger partial charge in [0.1, 0.15) is 11.5 Å². The van der Waals surface area contributed by atoms with Crippen molar-refractivity contribution >= 4 is 5.91 Å². The van der Waals surface area contributed by atoms with E-state index in [1.165, 1.54) is 0 Å². The van der Waals surface area contributed by atoms with Crippen LogP contribution in [0.25, 0.3) is 0 Å². The van der Waals surface area contributed by atoms with E-state index in [0.29, 0.717) is 6.54 Å². The van der Waals surface area contributed by atoms with Crippen LogP contribution in [0.1, 0.15) is 31.2 Å². The molecule has 2 N–H and O–H groups in total. The van der Waals surface area contributed by atoms with Gasteiger partial charge in [-0.1, -0.05) is 5.16 Å². The first-order valence-corrected chi connectivity index (χ1v) is 5.56. The maximum absolute atomic E-state index is 11.9. The van der Waals surface area contributed by atoms with Crippen molar-refractivity contribution in [1.82, 2.24) is 15.8 Å². The van der Waals surface area contributed by atoms with E-state index in [1.54, 1.807) is 0 Å². The highest BCUT2D eigenvalue weighted by Gasteiger charge is 2.35. The molecule has 1 unspecified atom stereocenters. The van der Waals surface area contributed by atoms with Gasteiger partial charge in [-0.3, -0.25) is 4.79 Å². The molecule has 0 radical (unpaired) electrons. The molecule has 1 aromatic rings. The summed E-state index contributed by atoms with van der Waals surface area (Å²) in [6.07, 6.45) is 1.93. The molecule has 0 spiro atoms. The van der Waals surface area contributed by atoms with Gasteiger partial charge >= 0.3 is 0 Å². The molecule has 16 heavy (non-hydrogen) atoms. The maximum atomic E-state index is 11.9. The lowest BCUT2D eigenvalue weighted by Gasteiger charge is -2.22. The smallest absolute Gasteiger partial charge is 0.240 e. The molecule has 2 rings (SSSR count). The standard InChI is InChI=1S/C11H17N3O2/c1-8-6-9(14-16-8)7-12-10(15)11(2)4-3-5-13-11/h6,13H,3-5,7H2,1-2H3,(H,12,15). The summed E-state index contributed by atoms with van der Waals surface area (Å²) < 4.78 is 4.93. The van der Waals surface area contributed by atoms with Gasteiger partial charge in [-0.05, 0) is 33.2 Å². The number of hydrogen-bond donors (Lipinski definition) is 2. The Balaban J connectivity index is 1.88. The Labute approximate surface area is 94.6 Å². The Bertz CT molecular complexity index is 380. The van der Waals surface area contributed by atoms with E-state index < -0.39 is 5.54 Å². The Morgan fingerprint density at radius 1 is 1.75 bits per heavy atom. The van der Waals surface area contributed by atoms with Crippen molar-refractivity contribution in [2.75, 3.05) is 6.54 Å². The highest BCUT2D eigenvalue weighted by Crippen LogP contribution is 2.18. The first-order chi connectivity index (χ1) is 7.60. The molecule has 0 bridgehead atoms. The van der Waals surface area contributed by atoms with Crippen LogP contribution < -0.4 is 10.6 Å². The van der Waals surface area contributed by atoms with Gasteiger partial charge in [0.05, 0.1) is 12.1 Å². The van der Waals surface area contributed by atoms with Gasteiger partial charge in [0.2, 0.25) is 5.91 Å². The first-order valence-electron chi connectivity index (χ1n) is 5.56. The highest BCUT2D eigenvalue weighted by atomic mass is 16.5. The van der Waals surface area contributed by atoms with Crippen molar-refractivity contribution < 1.29 is 9.32 Å². The molecular weight excluding hydrogens is 206 g/mol. The fraction of sp³-hybridized carbons (Fsp3) is 0.636. The zero-order valence-corrected chi connectivity index (χ0v) is 9.67. The van der Waals surface area contributed by atoms with Crippen LogP contribution in [0.4, 0.5) is 0 Å². The lowest BCUT2D eigenvalue weighted by Crippen LogP contribution is -2.50. The van der Waals surface area contributed by atoms with Crippen LogP contribution in [-0.2, 0) is 11.3 Å². The summed E-state index contributed by atoms with van der Waals surface area (Å²) >= 11 is 0. The van der Waals surface area contributed by atoms with Crippen LogP contribution in [0.2, 0.25) is 0 Å². The number of aromatic nitrogens is 1. The third-order valence-electron chi connectivity index (χ3n) is 2.98. The van der Waals surface area contributed by atoms with Crippen LogP contribution in [0.5, 0.6) is 0 Å². The summed E-state index contributed by atoms with van der Waals surface area (Å²) in [5.41, 5.74) is 0.339. The van der Waals surface area contributed by atoms with Crippen LogP contribution >= 0.6 is 0 Å². The van der Waals surface area contributed by atoms with Gasteiger partial charge in [0.25, 0.3) is 0 Å². The third kappa shape index (κ3) is 2.24. The van der Waals surface area contributed by atoms with Crippen molar-refractivity contribution in [3.05, 3.63) is 17.5 Å². The van der Waals surface area contributed by atoms with Gasteiger partial charge < -0.3 is 15.2 Å². The van der Waals surface area contributed by atoms with Crippen LogP contribution in [0, 0.1) is 6.92 Å². The first kappa shape index (κ1) is 11.1. The molecule has 1 aliphatic rings. The average molecular weight is 223 g/mol. The highest BCUT2D eigenvalue weighted by molar-refractivity contribution is 5.86. The second-order valence-corrected chi connectivity index (χ2v) is 4.47. The zero-order valence-electron chi connectivity index (χ0n) is 9.67. The molecule has 1 fully saturated rings. The number of aryl methyl sites for hydroxylation is 1. The fourth-order valence-corrected chi connectivity index (χ4v) is 1.96. The van der Waals surface area contributed by atoms with E-state index >= 15 is 0 Å². The summed E-state index contributed by atoms with van der Waals surface area (Å²) in [5, 5.41) is 9.92. The molecule has 0 aromatic carbocycles. The molecule has 1 aromatic heterocycles. The Kier molecular flexibility index (Phi) is 2.96. The third-order valence-corrected chi connectivity index (χ3v) is 2.98. The lowest BCUT2D eigenvalue weighted by molar-refractivity contribution is -0.126. The van der Waals surface area contributed by atoms with E-state index in [4.69, 9.17) is 4.52 Å². The number of hydrogen-bond acceptors (Lipinski definition) is 4. The molecule has 0 aliphatic carbocycles. The molecule has 1 aliphatic heterocycles. The van der Waals surface area contributed by atoms with Crippen LogP contribution in [0.15, 0.2) is 10.6 Å². The topological polar surface area (TPSA) is 67.2 Å². The molecule has 1 atom stereocenters. The summed E-state index contributed by atoms with van der Waals surface area (Å²) in [6, 6.07) is 1.82. The number of amides is 1. The molecule has 1 amide bonds. The molecule has 1 saturated heterocycles. The number of carbonyl (C=O) groups excluding carboxylic acids is 1. The molecule has 5 nitrogen and oxygen atoms in total. The van der Waals surface area contributed by atoms with Crippen molar-refractivity contribution in [2.45, 2.75) is 38.8 Å². The minimum Gasteiger partial charge on any atom is -0.361 e. The fourth-order valence-electron chi connectivity index (χ4n) is 1.96. The molecule has 88 valence electrons. The quantitative estimate of drug-likeness (QED) is 0.793. The molecule has 0 saturated carbocycles. The van der Waals surface area contributed by atoms with Crippen molar-refractivity contribution in [1.29, 1.82) is 0 Å². The van der Waals surface area contributed by atoms with E-state index in [-0.39, 0.29) is 5.91 Å². The number of nitrogens with one attached hydrogen (secondary N) is 2. The Morgan fingerprint density at radius 2 is 2.56 bits per heavy atom. The monoisotopic (exact) mass is 223 g/mol. The molecule has 5 heteroatoms. The second kappa shape index (κ2) is 4.25. The van der Waals surface area contributed by atoms with Gasteiger partial charge in [-0.15, -0.1) is 0 Å². The predicted molar refractivity (Wildman–Crippen MR) is 58.7 cm³/mol. The summed E-state index contributed by atoms with van der Waals surface area (Å²) in [6.45, 7) is 5.10. The maximum Gasteiger partial charge on any atom is 0.240 e. The Hall–Kier alpha value is -1.36. The Morgan fingerprint density at radius 3 is 3.12 bits per heavy atom. The largest absolute Gasteiger partial charge is 0.361 e. The molecule has 2 heterocycles. The van der Waals surface area contributed by atoms with E-state index in [2.05, 4.69) is 15.8 Å². The van der Waals surface area contributed by atoms with Gasteiger partial charge in [-0.25, -0.2) is 0 Å². The number of rotatable bonds is 3. The van der Waals surface area contributed by atoms with Crippen molar-refractivity contribution in [3.63, 3.8) is 0 Å². The normalized spacial score (nSPS) is 24.6. The molecular formula is C11H17N3O2. The average Bonchev–Trinajstić information content (AvgIpc) is 2.85. The summed E-state index contributed by atoms with van der Waals surface area (Å²) in [4.78, 5) is 11.9. The SMILES string of the molecule is Cc1cc(CNC(=O)C2(C)CCCN2)no1. The van der Waals surface area contributed by atoms with Gasteiger partial charge in [0.15, 0.2) is 0 Å². The minimum atomic E-state index is -0.418. The van der Waals surface area contributed by atoms with Crippen molar-refractivity contribution in [3.8, 4) is 0 Å². The van der Waals surface area contributed by atoms with Gasteiger partial charge in [-0.2, -0.15) is 0 Å². The van der Waals surface area contributed by atoms with E-state index in [0.717, 1.165) is 30.8 Å². The summed E-state index contributed by atoms with van der Waals surface area (Å²) in [7, 11) is 0. The number of nitrogens with zero attached hydrogens (tertiary/aromatic N) is 1. The van der Waals surface area contributed by atoms with Crippen molar-refractivity contribution in [2.24, 2.45) is 0 Å². The summed E-state index contributed by atoms with van der Waals surface area (Å²) in [5.74, 6) is 0.792. The van der Waals surface area contributed by atoms with E-state index in [9.17, 15) is 4.79 Å². The predicted octanol–water partition coefficient (Wildman–Crippen LogP) is 0.741. The number of carbonyl (C=O) groups is 1. The lowest BCUT2D eigenvalue weighted by atomic mass is 9.99. The minimum absolute atomic E-state index is 0.0330.